The summed E-state index contributed by atoms with van der Waals surface area (Å²) in [7, 11) is 0. The Hall–Kier alpha value is -2.07. The van der Waals surface area contributed by atoms with E-state index in [0.717, 1.165) is 0 Å². The molecule has 0 bridgehead atoms. The standard InChI is InChI=1S/C15H9F2NS/c16-12-7-3-1-5-10(12)14-9-19-15(18-14)11-6-2-4-8-13(11)17/h1-9H. The van der Waals surface area contributed by atoms with Crippen LogP contribution in [0.25, 0.3) is 21.8 Å². The van der Waals surface area contributed by atoms with Gasteiger partial charge in [-0.2, -0.15) is 0 Å². The van der Waals surface area contributed by atoms with Gasteiger partial charge < -0.3 is 0 Å². The first-order valence-electron chi connectivity index (χ1n) is 5.71. The molecule has 0 saturated heterocycles. The van der Waals surface area contributed by atoms with Crippen molar-refractivity contribution in [2.24, 2.45) is 0 Å². The number of hydrogen-bond acceptors (Lipinski definition) is 2. The molecule has 4 heteroatoms. The predicted molar refractivity (Wildman–Crippen MR) is 72.9 cm³/mol. The van der Waals surface area contributed by atoms with Crippen LogP contribution in [-0.4, -0.2) is 4.98 Å². The molecular formula is C15H9F2NS. The number of thiazole rings is 1. The van der Waals surface area contributed by atoms with Gasteiger partial charge in [0.2, 0.25) is 0 Å². The Bertz CT molecular complexity index is 661. The molecular weight excluding hydrogens is 264 g/mol. The van der Waals surface area contributed by atoms with Crippen LogP contribution >= 0.6 is 11.3 Å². The molecule has 0 saturated carbocycles. The molecule has 1 heterocycles. The van der Waals surface area contributed by atoms with E-state index >= 15 is 0 Å². The third-order valence-corrected chi connectivity index (χ3v) is 3.63. The Kier molecular flexibility index (Phi) is 3.09. The van der Waals surface area contributed by atoms with Crippen molar-refractivity contribution < 1.29 is 8.78 Å². The molecule has 2 aromatic carbocycles. The summed E-state index contributed by atoms with van der Waals surface area (Å²) >= 11 is 1.30. The molecule has 19 heavy (non-hydrogen) atoms. The Balaban J connectivity index is 2.06. The maximum Gasteiger partial charge on any atom is 0.133 e. The lowest BCUT2D eigenvalue weighted by atomic mass is 10.1. The quantitative estimate of drug-likeness (QED) is 0.656. The number of halogens is 2. The van der Waals surface area contributed by atoms with Crippen LogP contribution in [0.3, 0.4) is 0 Å². The molecule has 0 radical (unpaired) electrons. The van der Waals surface area contributed by atoms with Gasteiger partial charge in [-0.1, -0.05) is 24.3 Å². The molecule has 0 fully saturated rings. The lowest BCUT2D eigenvalue weighted by Crippen LogP contribution is -1.85. The maximum absolute atomic E-state index is 13.7. The van der Waals surface area contributed by atoms with Gasteiger partial charge in [0.25, 0.3) is 0 Å². The van der Waals surface area contributed by atoms with Crippen LogP contribution in [0.4, 0.5) is 8.78 Å². The molecule has 1 nitrogen and oxygen atoms in total. The van der Waals surface area contributed by atoms with Gasteiger partial charge in [0.05, 0.1) is 5.69 Å². The summed E-state index contributed by atoms with van der Waals surface area (Å²) in [5.41, 5.74) is 1.40. The van der Waals surface area contributed by atoms with Crippen LogP contribution in [0, 0.1) is 11.6 Å². The van der Waals surface area contributed by atoms with Gasteiger partial charge in [-0.15, -0.1) is 11.3 Å². The van der Waals surface area contributed by atoms with E-state index in [2.05, 4.69) is 4.98 Å². The molecule has 0 spiro atoms. The van der Waals surface area contributed by atoms with E-state index in [4.69, 9.17) is 0 Å². The van der Waals surface area contributed by atoms with Crippen LogP contribution in [0.5, 0.6) is 0 Å². The molecule has 1 aromatic heterocycles. The average Bonchev–Trinajstić information content (AvgIpc) is 2.89. The highest BCUT2D eigenvalue weighted by Gasteiger charge is 2.12. The molecule has 0 N–H and O–H groups in total. The fourth-order valence-electron chi connectivity index (χ4n) is 1.82. The summed E-state index contributed by atoms with van der Waals surface area (Å²) in [6.45, 7) is 0. The van der Waals surface area contributed by atoms with Crippen molar-refractivity contribution >= 4 is 11.3 Å². The number of nitrogens with zero attached hydrogens (tertiary/aromatic N) is 1. The van der Waals surface area contributed by atoms with Crippen molar-refractivity contribution in [1.29, 1.82) is 0 Å². The van der Waals surface area contributed by atoms with Gasteiger partial charge in [0.15, 0.2) is 0 Å². The highest BCUT2D eigenvalue weighted by atomic mass is 32.1. The van der Waals surface area contributed by atoms with Crippen LogP contribution in [0.2, 0.25) is 0 Å². The number of rotatable bonds is 2. The number of hydrogen-bond donors (Lipinski definition) is 0. The second kappa shape index (κ2) is 4.90. The van der Waals surface area contributed by atoms with Gasteiger partial charge in [0, 0.05) is 16.5 Å². The normalized spacial score (nSPS) is 10.6. The first-order chi connectivity index (χ1) is 9.25. The second-order valence-corrected chi connectivity index (χ2v) is 4.86. The van der Waals surface area contributed by atoms with Crippen molar-refractivity contribution in [3.8, 4) is 21.8 Å². The molecule has 3 rings (SSSR count). The van der Waals surface area contributed by atoms with Gasteiger partial charge >= 0.3 is 0 Å². The SMILES string of the molecule is Fc1ccccc1-c1csc(-c2ccccc2F)n1. The van der Waals surface area contributed by atoms with Crippen molar-refractivity contribution in [2.45, 2.75) is 0 Å². The molecule has 0 aliphatic heterocycles. The second-order valence-electron chi connectivity index (χ2n) is 4.00. The van der Waals surface area contributed by atoms with Gasteiger partial charge in [-0.05, 0) is 24.3 Å². The van der Waals surface area contributed by atoms with E-state index in [1.165, 1.54) is 23.5 Å². The lowest BCUT2D eigenvalue weighted by Gasteiger charge is -1.99. The zero-order chi connectivity index (χ0) is 13.2. The molecule has 94 valence electrons. The van der Waals surface area contributed by atoms with Crippen LogP contribution < -0.4 is 0 Å². The van der Waals surface area contributed by atoms with Crippen molar-refractivity contribution in [1.82, 2.24) is 4.98 Å². The van der Waals surface area contributed by atoms with E-state index in [1.54, 1.807) is 41.8 Å². The highest BCUT2D eigenvalue weighted by molar-refractivity contribution is 7.13. The zero-order valence-electron chi connectivity index (χ0n) is 9.81. The predicted octanol–water partition coefficient (Wildman–Crippen LogP) is 4.76. The summed E-state index contributed by atoms with van der Waals surface area (Å²) in [5, 5.41) is 2.29. The summed E-state index contributed by atoms with van der Waals surface area (Å²) < 4.78 is 27.3. The van der Waals surface area contributed by atoms with Crippen LogP contribution in [0.1, 0.15) is 0 Å². The van der Waals surface area contributed by atoms with Crippen molar-refractivity contribution in [3.63, 3.8) is 0 Å². The number of benzene rings is 2. The first kappa shape index (κ1) is 12.0. The Morgan fingerprint density at radius 2 is 1.37 bits per heavy atom. The van der Waals surface area contributed by atoms with Crippen LogP contribution in [-0.2, 0) is 0 Å². The third-order valence-electron chi connectivity index (χ3n) is 2.76. The molecule has 3 aromatic rings. The average molecular weight is 273 g/mol. The minimum atomic E-state index is -0.326. The fraction of sp³-hybridized carbons (Fsp3) is 0. The van der Waals surface area contributed by atoms with E-state index in [1.807, 2.05) is 0 Å². The van der Waals surface area contributed by atoms with E-state index in [9.17, 15) is 8.78 Å². The third kappa shape index (κ3) is 2.27. The Labute approximate surface area is 113 Å². The fourth-order valence-corrected chi connectivity index (χ4v) is 2.67. The summed E-state index contributed by atoms with van der Waals surface area (Å²) in [4.78, 5) is 4.31. The van der Waals surface area contributed by atoms with E-state index < -0.39 is 0 Å². The van der Waals surface area contributed by atoms with Gasteiger partial charge in [-0.25, -0.2) is 13.8 Å². The smallest absolute Gasteiger partial charge is 0.133 e. The summed E-state index contributed by atoms with van der Waals surface area (Å²) in [6.07, 6.45) is 0. The van der Waals surface area contributed by atoms with Crippen molar-refractivity contribution in [3.05, 3.63) is 65.5 Å². The number of aromatic nitrogens is 1. The molecule has 0 unspecified atom stereocenters. The minimum absolute atomic E-state index is 0.322. The molecule has 0 amide bonds. The van der Waals surface area contributed by atoms with Gasteiger partial charge in [-0.3, -0.25) is 0 Å². The monoisotopic (exact) mass is 273 g/mol. The Morgan fingerprint density at radius 3 is 2.00 bits per heavy atom. The van der Waals surface area contributed by atoms with Crippen LogP contribution in [0.15, 0.2) is 53.9 Å². The van der Waals surface area contributed by atoms with E-state index in [-0.39, 0.29) is 11.6 Å². The summed E-state index contributed by atoms with van der Waals surface area (Å²) in [6, 6.07) is 12.9. The zero-order valence-corrected chi connectivity index (χ0v) is 10.6. The summed E-state index contributed by atoms with van der Waals surface area (Å²) in [5.74, 6) is -0.648. The van der Waals surface area contributed by atoms with Crippen molar-refractivity contribution in [2.75, 3.05) is 0 Å². The Morgan fingerprint density at radius 1 is 0.789 bits per heavy atom. The molecule has 0 atom stereocenters. The molecule has 0 aliphatic rings. The maximum atomic E-state index is 13.7. The first-order valence-corrected chi connectivity index (χ1v) is 6.59. The van der Waals surface area contributed by atoms with E-state index in [0.29, 0.717) is 21.8 Å². The molecule has 0 aliphatic carbocycles. The largest absolute Gasteiger partial charge is 0.236 e. The topological polar surface area (TPSA) is 12.9 Å². The lowest BCUT2D eigenvalue weighted by molar-refractivity contribution is 0.630. The minimum Gasteiger partial charge on any atom is -0.236 e. The highest BCUT2D eigenvalue weighted by Crippen LogP contribution is 2.31. The van der Waals surface area contributed by atoms with Gasteiger partial charge in [0.1, 0.15) is 16.6 Å².